The maximum atomic E-state index is 13.2. The van der Waals surface area contributed by atoms with Gasteiger partial charge in [-0.2, -0.15) is 4.98 Å². The van der Waals surface area contributed by atoms with Crippen LogP contribution in [-0.2, 0) is 0 Å². The summed E-state index contributed by atoms with van der Waals surface area (Å²) in [5.74, 6) is 1.09. The monoisotopic (exact) mass is 401 g/mol. The van der Waals surface area contributed by atoms with Crippen molar-refractivity contribution in [3.63, 3.8) is 0 Å². The molecule has 3 N–H and O–H groups in total. The van der Waals surface area contributed by atoms with Crippen LogP contribution in [0.15, 0.2) is 48.5 Å². The molecule has 3 aromatic rings. The third kappa shape index (κ3) is 5.08. The summed E-state index contributed by atoms with van der Waals surface area (Å²) in [4.78, 5) is 20.5. The number of nitrogens with zero attached hydrogens (tertiary/aromatic N) is 2. The maximum Gasteiger partial charge on any atom is 0.323 e. The highest BCUT2D eigenvalue weighted by molar-refractivity contribution is 6.31. The van der Waals surface area contributed by atoms with Crippen LogP contribution in [-0.4, -0.2) is 23.1 Å². The van der Waals surface area contributed by atoms with Gasteiger partial charge >= 0.3 is 6.03 Å². The minimum absolute atomic E-state index is 0.0650. The minimum atomic E-state index is -0.549. The fourth-order valence-corrected chi connectivity index (χ4v) is 2.54. The van der Waals surface area contributed by atoms with E-state index in [1.807, 2.05) is 0 Å². The summed E-state index contributed by atoms with van der Waals surface area (Å²) >= 11 is 5.70. The van der Waals surface area contributed by atoms with Crippen molar-refractivity contribution < 1.29 is 13.9 Å². The van der Waals surface area contributed by atoms with Gasteiger partial charge in [-0.25, -0.2) is 14.2 Å². The Hall–Kier alpha value is -3.39. The lowest BCUT2D eigenvalue weighted by molar-refractivity contribution is 0.262. The second-order valence-corrected chi connectivity index (χ2v) is 6.16. The molecule has 0 aliphatic rings. The summed E-state index contributed by atoms with van der Waals surface area (Å²) in [6.45, 7) is 1.77. The number of urea groups is 1. The highest BCUT2D eigenvalue weighted by Crippen LogP contribution is 2.21. The predicted octanol–water partition coefficient (Wildman–Crippen LogP) is 4.97. The van der Waals surface area contributed by atoms with Crippen LogP contribution in [0.4, 0.5) is 32.1 Å². The van der Waals surface area contributed by atoms with Crippen LogP contribution < -0.4 is 20.7 Å². The first-order chi connectivity index (χ1) is 13.4. The fourth-order valence-electron chi connectivity index (χ4n) is 2.36. The number of anilines is 4. The fraction of sp³-hybridized carbons (Fsp3) is 0.105. The van der Waals surface area contributed by atoms with E-state index in [4.69, 9.17) is 16.3 Å². The summed E-state index contributed by atoms with van der Waals surface area (Å²) in [7, 11) is 1.54. The molecule has 0 aliphatic heterocycles. The molecule has 0 unspecified atom stereocenters. The molecule has 0 saturated heterocycles. The third-order valence-corrected chi connectivity index (χ3v) is 3.91. The summed E-state index contributed by atoms with van der Waals surface area (Å²) in [6, 6.07) is 12.2. The molecule has 0 radical (unpaired) electrons. The lowest BCUT2D eigenvalue weighted by atomic mass is 10.2. The average molecular weight is 402 g/mol. The van der Waals surface area contributed by atoms with Crippen LogP contribution in [0, 0.1) is 12.7 Å². The molecule has 0 bridgehead atoms. The number of benzene rings is 2. The molecule has 0 aliphatic carbocycles. The number of nitrogens with one attached hydrogen (secondary N) is 3. The highest BCUT2D eigenvalue weighted by atomic mass is 35.5. The second-order valence-electron chi connectivity index (χ2n) is 5.75. The van der Waals surface area contributed by atoms with Crippen molar-refractivity contribution in [2.45, 2.75) is 6.92 Å². The zero-order valence-electron chi connectivity index (χ0n) is 15.1. The maximum absolute atomic E-state index is 13.2. The molecule has 0 spiro atoms. The summed E-state index contributed by atoms with van der Waals surface area (Å²) in [5, 5.41) is 8.34. The Morgan fingerprint density at radius 1 is 1.00 bits per heavy atom. The number of carbonyl (C=O) groups excluding carboxylic acids is 1. The summed E-state index contributed by atoms with van der Waals surface area (Å²) in [6.07, 6.45) is 0. The SMILES string of the molecule is COc1cc(Nc2ccc(NC(=O)Nc3ccc(F)c(Cl)c3)cc2)nc(C)n1. The predicted molar refractivity (Wildman–Crippen MR) is 107 cm³/mol. The normalized spacial score (nSPS) is 10.3. The van der Waals surface area contributed by atoms with Gasteiger partial charge in [0.1, 0.15) is 17.5 Å². The first kappa shape index (κ1) is 19.4. The van der Waals surface area contributed by atoms with Gasteiger partial charge in [-0.05, 0) is 49.4 Å². The van der Waals surface area contributed by atoms with Crippen molar-refractivity contribution >= 4 is 40.5 Å². The average Bonchev–Trinajstić information content (AvgIpc) is 2.66. The van der Waals surface area contributed by atoms with Gasteiger partial charge in [0.05, 0.1) is 12.1 Å². The number of carbonyl (C=O) groups is 1. The van der Waals surface area contributed by atoms with Crippen LogP contribution in [0.2, 0.25) is 5.02 Å². The number of methoxy groups -OCH3 is 1. The Labute approximate surface area is 165 Å². The second kappa shape index (κ2) is 8.53. The van der Waals surface area contributed by atoms with Gasteiger partial charge in [-0.15, -0.1) is 0 Å². The zero-order chi connectivity index (χ0) is 20.1. The summed E-state index contributed by atoms with van der Waals surface area (Å²) in [5.41, 5.74) is 1.74. The Morgan fingerprint density at radius 2 is 1.64 bits per heavy atom. The molecule has 0 atom stereocenters. The highest BCUT2D eigenvalue weighted by Gasteiger charge is 2.06. The smallest absolute Gasteiger partial charge is 0.323 e. The number of amides is 2. The van der Waals surface area contributed by atoms with Gasteiger partial charge in [-0.3, -0.25) is 0 Å². The number of halogens is 2. The Kier molecular flexibility index (Phi) is 5.90. The standard InChI is InChI=1S/C19H17ClFN5O2/c1-11-22-17(10-18(23-11)28-2)24-12-3-5-13(6-4-12)25-19(27)26-14-7-8-16(21)15(20)9-14/h3-10H,1-2H3,(H,22,23,24)(H2,25,26,27). The van der Waals surface area contributed by atoms with Crippen molar-refractivity contribution in [3.05, 3.63) is 65.2 Å². The molecule has 0 fully saturated rings. The molecule has 28 heavy (non-hydrogen) atoms. The molecule has 9 heteroatoms. The van der Waals surface area contributed by atoms with E-state index in [9.17, 15) is 9.18 Å². The molecule has 1 heterocycles. The number of hydrogen-bond donors (Lipinski definition) is 3. The molecule has 7 nitrogen and oxygen atoms in total. The largest absolute Gasteiger partial charge is 0.481 e. The van der Waals surface area contributed by atoms with Gasteiger partial charge in [0.15, 0.2) is 0 Å². The minimum Gasteiger partial charge on any atom is -0.481 e. The zero-order valence-corrected chi connectivity index (χ0v) is 15.8. The number of aromatic nitrogens is 2. The quantitative estimate of drug-likeness (QED) is 0.561. The number of rotatable bonds is 5. The van der Waals surface area contributed by atoms with Gasteiger partial charge in [-0.1, -0.05) is 11.6 Å². The van der Waals surface area contributed by atoms with Crippen molar-refractivity contribution in [1.29, 1.82) is 0 Å². The molecular formula is C19H17ClFN5O2. The van der Waals surface area contributed by atoms with Gasteiger partial charge < -0.3 is 20.7 Å². The first-order valence-corrected chi connectivity index (χ1v) is 8.60. The lowest BCUT2D eigenvalue weighted by Gasteiger charge is -2.10. The molecular weight excluding hydrogens is 385 g/mol. The topological polar surface area (TPSA) is 88.2 Å². The number of hydrogen-bond acceptors (Lipinski definition) is 5. The Morgan fingerprint density at radius 3 is 2.32 bits per heavy atom. The van der Waals surface area contributed by atoms with Gasteiger partial charge in [0.2, 0.25) is 5.88 Å². The molecule has 1 aromatic heterocycles. The van der Waals surface area contributed by atoms with Gasteiger partial charge in [0.25, 0.3) is 0 Å². The van der Waals surface area contributed by atoms with Crippen LogP contribution in [0.1, 0.15) is 5.82 Å². The number of aryl methyl sites for hydroxylation is 1. The molecule has 144 valence electrons. The number of ether oxygens (including phenoxy) is 1. The van der Waals surface area contributed by atoms with E-state index >= 15 is 0 Å². The van der Waals surface area contributed by atoms with E-state index in [2.05, 4.69) is 25.9 Å². The third-order valence-electron chi connectivity index (χ3n) is 3.62. The van der Waals surface area contributed by atoms with Crippen molar-refractivity contribution in [1.82, 2.24) is 9.97 Å². The van der Waals surface area contributed by atoms with Crippen molar-refractivity contribution in [2.75, 3.05) is 23.1 Å². The van der Waals surface area contributed by atoms with Gasteiger partial charge in [0, 0.05) is 23.1 Å². The first-order valence-electron chi connectivity index (χ1n) is 8.23. The van der Waals surface area contributed by atoms with Crippen LogP contribution in [0.5, 0.6) is 5.88 Å². The lowest BCUT2D eigenvalue weighted by Crippen LogP contribution is -2.19. The molecule has 3 rings (SSSR count). The van der Waals surface area contributed by atoms with E-state index in [1.54, 1.807) is 37.3 Å². The van der Waals surface area contributed by atoms with Crippen LogP contribution in [0.25, 0.3) is 0 Å². The molecule has 2 amide bonds. The van der Waals surface area contributed by atoms with Crippen molar-refractivity contribution in [2.24, 2.45) is 0 Å². The molecule has 0 saturated carbocycles. The van der Waals surface area contributed by atoms with E-state index in [1.165, 1.54) is 25.3 Å². The van der Waals surface area contributed by atoms with E-state index < -0.39 is 11.8 Å². The summed E-state index contributed by atoms with van der Waals surface area (Å²) < 4.78 is 18.3. The molecule has 2 aromatic carbocycles. The van der Waals surface area contributed by atoms with E-state index in [0.717, 1.165) is 5.69 Å². The van der Waals surface area contributed by atoms with Crippen molar-refractivity contribution in [3.8, 4) is 5.88 Å². The Bertz CT molecular complexity index is 998. The van der Waals surface area contributed by atoms with Crippen LogP contribution in [0.3, 0.4) is 0 Å². The van der Waals surface area contributed by atoms with E-state index in [-0.39, 0.29) is 5.02 Å². The van der Waals surface area contributed by atoms with E-state index in [0.29, 0.717) is 28.9 Å². The Balaban J connectivity index is 1.61. The van der Waals surface area contributed by atoms with Crippen LogP contribution >= 0.6 is 11.6 Å².